The van der Waals surface area contributed by atoms with Crippen molar-refractivity contribution in [1.29, 1.82) is 0 Å². The Hall–Kier alpha value is -2.00. The highest BCUT2D eigenvalue weighted by Gasteiger charge is 2.27. The highest BCUT2D eigenvalue weighted by atomic mass is 16.5. The van der Waals surface area contributed by atoms with E-state index in [2.05, 4.69) is 52.7 Å². The fraction of sp³-hybridized carbons (Fsp3) is 0.333. The molecular weight excluding hydrogens is 260 g/mol. The average Bonchev–Trinajstić information content (AvgIpc) is 2.82. The van der Waals surface area contributed by atoms with Gasteiger partial charge in [0.05, 0.1) is 6.61 Å². The van der Waals surface area contributed by atoms with Crippen LogP contribution in [-0.2, 0) is 6.54 Å². The lowest BCUT2D eigenvalue weighted by molar-refractivity contribution is 0.331. The van der Waals surface area contributed by atoms with Crippen molar-refractivity contribution in [3.05, 3.63) is 59.7 Å². The van der Waals surface area contributed by atoms with Crippen LogP contribution in [-0.4, -0.2) is 26.2 Å². The van der Waals surface area contributed by atoms with Gasteiger partial charge in [-0.3, -0.25) is 0 Å². The zero-order valence-corrected chi connectivity index (χ0v) is 12.1. The second-order valence-corrected chi connectivity index (χ2v) is 5.80. The Labute approximate surface area is 125 Å². The zero-order chi connectivity index (χ0) is 14.1. The van der Waals surface area contributed by atoms with Gasteiger partial charge in [-0.15, -0.1) is 0 Å². The molecule has 0 spiro atoms. The van der Waals surface area contributed by atoms with Gasteiger partial charge in [0, 0.05) is 43.3 Å². The smallest absolute Gasteiger partial charge is 0.122 e. The van der Waals surface area contributed by atoms with Crippen LogP contribution in [0, 0.1) is 0 Å². The number of hydrogen-bond acceptors (Lipinski definition) is 3. The minimum absolute atomic E-state index is 0.465. The van der Waals surface area contributed by atoms with Crippen molar-refractivity contribution in [2.24, 2.45) is 0 Å². The fourth-order valence-corrected chi connectivity index (χ4v) is 3.36. The maximum Gasteiger partial charge on any atom is 0.122 e. The molecule has 21 heavy (non-hydrogen) atoms. The third-order valence-electron chi connectivity index (χ3n) is 4.45. The van der Waals surface area contributed by atoms with Crippen molar-refractivity contribution in [1.82, 2.24) is 5.32 Å². The Morgan fingerprint density at radius 1 is 1.10 bits per heavy atom. The van der Waals surface area contributed by atoms with Gasteiger partial charge >= 0.3 is 0 Å². The molecule has 2 heterocycles. The second-order valence-electron chi connectivity index (χ2n) is 5.80. The summed E-state index contributed by atoms with van der Waals surface area (Å²) in [5, 5.41) is 3.50. The first-order chi connectivity index (χ1) is 10.4. The molecule has 4 rings (SSSR count). The van der Waals surface area contributed by atoms with Crippen LogP contribution >= 0.6 is 0 Å². The van der Waals surface area contributed by atoms with Crippen molar-refractivity contribution in [2.45, 2.75) is 12.5 Å². The number of para-hydroxylation sites is 2. The minimum Gasteiger partial charge on any atom is -0.493 e. The van der Waals surface area contributed by atoms with Gasteiger partial charge in [0.25, 0.3) is 0 Å². The molecule has 0 amide bonds. The lowest BCUT2D eigenvalue weighted by Crippen LogP contribution is -2.33. The largest absolute Gasteiger partial charge is 0.493 e. The molecule has 0 aromatic heterocycles. The summed E-state index contributed by atoms with van der Waals surface area (Å²) in [6.45, 7) is 4.87. The molecular formula is C18H20N2O. The third-order valence-corrected chi connectivity index (χ3v) is 4.45. The Morgan fingerprint density at radius 2 is 1.95 bits per heavy atom. The molecule has 0 bridgehead atoms. The monoisotopic (exact) mass is 280 g/mol. The van der Waals surface area contributed by atoms with Crippen molar-refractivity contribution in [3.63, 3.8) is 0 Å². The summed E-state index contributed by atoms with van der Waals surface area (Å²) >= 11 is 0. The van der Waals surface area contributed by atoms with Gasteiger partial charge in [0.15, 0.2) is 0 Å². The maximum atomic E-state index is 5.83. The summed E-state index contributed by atoms with van der Waals surface area (Å²) in [6.07, 6.45) is 0. The molecule has 0 radical (unpaired) electrons. The van der Waals surface area contributed by atoms with Crippen molar-refractivity contribution >= 4 is 5.69 Å². The molecule has 2 aliphatic heterocycles. The van der Waals surface area contributed by atoms with Gasteiger partial charge in [0.2, 0.25) is 0 Å². The van der Waals surface area contributed by atoms with E-state index in [0.717, 1.165) is 38.5 Å². The Kier molecular flexibility index (Phi) is 3.28. The average molecular weight is 280 g/mol. The van der Waals surface area contributed by atoms with E-state index in [1.54, 1.807) is 0 Å². The highest BCUT2D eigenvalue weighted by Crippen LogP contribution is 2.35. The maximum absolute atomic E-state index is 5.83. The molecule has 2 aliphatic rings. The standard InChI is InChI=1S/C18H20N2O/c1-3-7-17-14(5-1)11-19-9-10-20(17)12-15-13-21-18-8-4-2-6-16(15)18/h1-8,15,19H,9-13H2. The SMILES string of the molecule is c1ccc2c(c1)CNCCN2CC1COc2ccccc21. The van der Waals surface area contributed by atoms with E-state index in [4.69, 9.17) is 4.74 Å². The van der Waals surface area contributed by atoms with E-state index in [0.29, 0.717) is 5.92 Å². The first-order valence-corrected chi connectivity index (χ1v) is 7.67. The predicted molar refractivity (Wildman–Crippen MR) is 85.0 cm³/mol. The van der Waals surface area contributed by atoms with E-state index in [-0.39, 0.29) is 0 Å². The number of anilines is 1. The Morgan fingerprint density at radius 3 is 2.95 bits per heavy atom. The number of rotatable bonds is 2. The summed E-state index contributed by atoms with van der Waals surface area (Å²) in [5.74, 6) is 1.52. The van der Waals surface area contributed by atoms with Gasteiger partial charge in [-0.25, -0.2) is 0 Å². The molecule has 0 saturated carbocycles. The molecule has 0 aliphatic carbocycles. The van der Waals surface area contributed by atoms with Crippen LogP contribution in [0.4, 0.5) is 5.69 Å². The number of hydrogen-bond donors (Lipinski definition) is 1. The molecule has 1 atom stereocenters. The van der Waals surface area contributed by atoms with E-state index in [9.17, 15) is 0 Å². The highest BCUT2D eigenvalue weighted by molar-refractivity contribution is 5.55. The van der Waals surface area contributed by atoms with Crippen LogP contribution in [0.3, 0.4) is 0 Å². The summed E-state index contributed by atoms with van der Waals surface area (Å²) in [4.78, 5) is 2.51. The quantitative estimate of drug-likeness (QED) is 0.915. The number of nitrogens with one attached hydrogen (secondary N) is 1. The third kappa shape index (κ3) is 2.38. The lowest BCUT2D eigenvalue weighted by atomic mass is 10.00. The van der Waals surface area contributed by atoms with Crippen molar-refractivity contribution < 1.29 is 4.74 Å². The normalized spacial score (nSPS) is 20.4. The first-order valence-electron chi connectivity index (χ1n) is 7.67. The molecule has 3 nitrogen and oxygen atoms in total. The molecule has 0 fully saturated rings. The van der Waals surface area contributed by atoms with Gasteiger partial charge in [0.1, 0.15) is 5.75 Å². The van der Waals surface area contributed by atoms with E-state index in [1.165, 1.54) is 16.8 Å². The van der Waals surface area contributed by atoms with Gasteiger partial charge in [-0.05, 0) is 17.7 Å². The van der Waals surface area contributed by atoms with E-state index in [1.807, 2.05) is 6.07 Å². The molecule has 3 heteroatoms. The zero-order valence-electron chi connectivity index (χ0n) is 12.1. The fourth-order valence-electron chi connectivity index (χ4n) is 3.36. The Bertz CT molecular complexity index is 641. The number of nitrogens with zero attached hydrogens (tertiary/aromatic N) is 1. The minimum atomic E-state index is 0.465. The van der Waals surface area contributed by atoms with Crippen LogP contribution in [0.15, 0.2) is 48.5 Å². The van der Waals surface area contributed by atoms with Gasteiger partial charge < -0.3 is 15.0 Å². The molecule has 1 unspecified atom stereocenters. The van der Waals surface area contributed by atoms with E-state index >= 15 is 0 Å². The molecule has 2 aromatic rings. The number of ether oxygens (including phenoxy) is 1. The van der Waals surface area contributed by atoms with Gasteiger partial charge in [-0.2, -0.15) is 0 Å². The van der Waals surface area contributed by atoms with Crippen LogP contribution < -0.4 is 15.0 Å². The lowest BCUT2D eigenvalue weighted by Gasteiger charge is -2.27. The van der Waals surface area contributed by atoms with Crippen LogP contribution in [0.25, 0.3) is 0 Å². The van der Waals surface area contributed by atoms with Crippen LogP contribution in [0.1, 0.15) is 17.0 Å². The Balaban J connectivity index is 1.61. The van der Waals surface area contributed by atoms with Gasteiger partial charge in [-0.1, -0.05) is 36.4 Å². The summed E-state index contributed by atoms with van der Waals surface area (Å²) < 4.78 is 5.83. The molecule has 1 N–H and O–H groups in total. The van der Waals surface area contributed by atoms with Crippen LogP contribution in [0.2, 0.25) is 0 Å². The molecule has 108 valence electrons. The topological polar surface area (TPSA) is 24.5 Å². The predicted octanol–water partition coefficient (Wildman–Crippen LogP) is 2.77. The number of fused-ring (bicyclic) bond motifs is 2. The second kappa shape index (κ2) is 5.41. The number of benzene rings is 2. The van der Waals surface area contributed by atoms with Crippen molar-refractivity contribution in [3.8, 4) is 5.75 Å². The summed E-state index contributed by atoms with van der Waals surface area (Å²) in [7, 11) is 0. The molecule has 2 aromatic carbocycles. The van der Waals surface area contributed by atoms with Crippen LogP contribution in [0.5, 0.6) is 5.75 Å². The first kappa shape index (κ1) is 12.7. The summed E-state index contributed by atoms with van der Waals surface area (Å²) in [5.41, 5.74) is 4.11. The van der Waals surface area contributed by atoms with Crippen molar-refractivity contribution in [2.75, 3.05) is 31.1 Å². The van der Waals surface area contributed by atoms with E-state index < -0.39 is 0 Å². The molecule has 0 saturated heterocycles. The summed E-state index contributed by atoms with van der Waals surface area (Å²) in [6, 6.07) is 17.2.